The van der Waals surface area contributed by atoms with Crippen LogP contribution in [0.4, 0.5) is 0 Å². The molecule has 0 bridgehead atoms. The van der Waals surface area contributed by atoms with Gasteiger partial charge in [-0.05, 0) is 47.3 Å². The first-order valence-electron chi connectivity index (χ1n) is 18.6. The van der Waals surface area contributed by atoms with Gasteiger partial charge in [-0.3, -0.25) is 0 Å². The van der Waals surface area contributed by atoms with Crippen LogP contribution in [0.3, 0.4) is 0 Å². The van der Waals surface area contributed by atoms with Gasteiger partial charge in [-0.15, -0.1) is 0 Å². The van der Waals surface area contributed by atoms with E-state index in [-0.39, 0.29) is 110 Å². The lowest BCUT2D eigenvalue weighted by molar-refractivity contribution is -0.0943. The van der Waals surface area contributed by atoms with E-state index < -0.39 is 16.6 Å². The molecule has 63 heavy (non-hydrogen) atoms. The molecule has 392 valence electrons. The molecule has 0 rings (SSSR count). The lowest BCUT2D eigenvalue weighted by Crippen LogP contribution is -2.42. The van der Waals surface area contributed by atoms with Crippen molar-refractivity contribution in [3.05, 3.63) is 20.9 Å². The number of nitrogens with zero attached hydrogens (tertiary/aromatic N) is 6. The van der Waals surface area contributed by atoms with E-state index in [9.17, 15) is 0 Å². The lowest BCUT2D eigenvalue weighted by Gasteiger charge is -2.36. The lowest BCUT2D eigenvalue weighted by atomic mass is 10.2. The molecule has 0 amide bonds. The molecule has 0 unspecified atom stereocenters. The Balaban J connectivity index is -0.000000300. The topological polar surface area (TPSA) is 199 Å². The first-order valence-corrected chi connectivity index (χ1v) is 24.5. The molecule has 0 heterocycles. The van der Waals surface area contributed by atoms with Crippen LogP contribution in [0.15, 0.2) is 10.2 Å². The van der Waals surface area contributed by atoms with Crippen LogP contribution in [0.25, 0.3) is 20.9 Å². The van der Waals surface area contributed by atoms with Crippen LogP contribution < -0.4 is 0 Å². The molecule has 0 saturated heterocycles. The van der Waals surface area contributed by atoms with E-state index in [0.717, 1.165) is 0 Å². The molecular weight excluding hydrogens is 845 g/mol. The first kappa shape index (κ1) is 88.4. The van der Waals surface area contributed by atoms with Crippen molar-refractivity contribution >= 4 is 16.6 Å². The van der Waals surface area contributed by atoms with Crippen molar-refractivity contribution in [1.29, 1.82) is 0 Å². The molecule has 0 aromatic carbocycles. The van der Waals surface area contributed by atoms with Crippen molar-refractivity contribution in [1.82, 2.24) is 0 Å². The smallest absolute Gasteiger partial charge is 0.192 e. The van der Waals surface area contributed by atoms with Crippen LogP contribution in [-0.4, -0.2) is 161 Å². The number of hydrogen-bond acceptors (Lipinski definition) is 13. The highest BCUT2D eigenvalue weighted by molar-refractivity contribution is 6.74. The minimum absolute atomic E-state index is 0. The van der Waals surface area contributed by atoms with E-state index in [2.05, 4.69) is 87.8 Å². The van der Waals surface area contributed by atoms with Gasteiger partial charge in [0.1, 0.15) is 12.2 Å². The van der Waals surface area contributed by atoms with E-state index in [1.807, 2.05) is 0 Å². The van der Waals surface area contributed by atoms with Crippen LogP contribution in [-0.2, 0) is 51.5 Å². The SMILES string of the molecule is C.C.C.C.C.C.C.C.C.C.CC(C)(C)[Si](C)(C)OCCOCC(COCCO[Si](C)(C)C(C)(C)C)OCCOCCOC(COCCOCCN=[N+]=[N-])COCCOCCN=[N+]=[N-]. The fraction of sp³-hybridized carbons (Fsp3) is 1.00. The normalized spacial score (nSPS) is 11.2. The summed E-state index contributed by atoms with van der Waals surface area (Å²) in [6.45, 7) is 29.8. The molecule has 0 saturated carbocycles. The summed E-state index contributed by atoms with van der Waals surface area (Å²) in [4.78, 5) is 5.38. The standard InChI is InChI=1S/C34H72N6O11Si2.10CH4/c1-33(2,3)52(7,8)50-25-21-46-29-32(30-47-22-26-51-53(9,10)34(4,5)6)49-24-20-43-19-23-48-31(27-44-17-15-41-13-11-37-39-35)28-45-18-16-42-14-12-38-40-36;;;;;;;;;;/h31-32H,11-30H2,1-10H3;10*1H4. The van der Waals surface area contributed by atoms with Gasteiger partial charge < -0.3 is 51.5 Å². The van der Waals surface area contributed by atoms with Gasteiger partial charge in [-0.2, -0.15) is 0 Å². The average Bonchev–Trinajstić information content (AvgIpc) is 3.07. The summed E-state index contributed by atoms with van der Waals surface area (Å²) in [5.41, 5.74) is 16.7. The van der Waals surface area contributed by atoms with Gasteiger partial charge in [0.05, 0.1) is 119 Å². The minimum atomic E-state index is -1.84. The molecular formula is C44H112N6O11Si2. The second kappa shape index (κ2) is 53.2. The zero-order chi connectivity index (χ0) is 39.9. The van der Waals surface area contributed by atoms with Crippen LogP contribution in [0, 0.1) is 0 Å². The largest absolute Gasteiger partial charge is 0.414 e. The summed E-state index contributed by atoms with van der Waals surface area (Å²) in [6.07, 6.45) is -0.596. The highest BCUT2D eigenvalue weighted by Crippen LogP contribution is 2.37. The molecule has 0 N–H and O–H groups in total. The average molecular weight is 958 g/mol. The summed E-state index contributed by atoms with van der Waals surface area (Å²) >= 11 is 0. The maximum atomic E-state index is 8.33. The molecule has 0 aliphatic carbocycles. The zero-order valence-corrected chi connectivity index (χ0v) is 36.5. The maximum Gasteiger partial charge on any atom is 0.192 e. The van der Waals surface area contributed by atoms with Gasteiger partial charge in [0.25, 0.3) is 0 Å². The molecule has 0 aromatic rings. The van der Waals surface area contributed by atoms with Gasteiger partial charge in [0, 0.05) is 22.9 Å². The number of azide groups is 2. The van der Waals surface area contributed by atoms with Crippen molar-refractivity contribution in [3.8, 4) is 0 Å². The molecule has 0 fully saturated rings. The molecule has 0 spiro atoms. The molecule has 0 radical (unpaired) electrons. The molecule has 0 atom stereocenters. The van der Waals surface area contributed by atoms with Gasteiger partial charge in [0.15, 0.2) is 16.6 Å². The van der Waals surface area contributed by atoms with Gasteiger partial charge in [-0.1, -0.05) is 126 Å². The van der Waals surface area contributed by atoms with Crippen LogP contribution in [0.1, 0.15) is 116 Å². The summed E-state index contributed by atoms with van der Waals surface area (Å²) in [7, 11) is -3.68. The highest BCUT2D eigenvalue weighted by atomic mass is 28.4. The first-order chi connectivity index (χ1) is 25.1. The Bertz CT molecular complexity index is 931. The Morgan fingerprint density at radius 1 is 0.381 bits per heavy atom. The van der Waals surface area contributed by atoms with Crippen molar-refractivity contribution in [2.45, 2.75) is 164 Å². The van der Waals surface area contributed by atoms with Crippen molar-refractivity contribution in [2.75, 3.05) is 132 Å². The van der Waals surface area contributed by atoms with E-state index in [0.29, 0.717) is 119 Å². The predicted octanol–water partition coefficient (Wildman–Crippen LogP) is 12.9. The van der Waals surface area contributed by atoms with E-state index in [1.54, 1.807) is 0 Å². The Labute approximate surface area is 394 Å². The Morgan fingerprint density at radius 3 is 0.889 bits per heavy atom. The molecule has 0 aliphatic heterocycles. The third-order valence-corrected chi connectivity index (χ3v) is 18.0. The maximum absolute atomic E-state index is 8.33. The van der Waals surface area contributed by atoms with E-state index in [1.165, 1.54) is 0 Å². The molecule has 0 aromatic heterocycles. The summed E-state index contributed by atoms with van der Waals surface area (Å²) in [5, 5.41) is 7.14. The van der Waals surface area contributed by atoms with Gasteiger partial charge in [0.2, 0.25) is 0 Å². The monoisotopic (exact) mass is 957 g/mol. The van der Waals surface area contributed by atoms with Crippen molar-refractivity contribution in [3.63, 3.8) is 0 Å². The predicted molar refractivity (Wildman–Crippen MR) is 277 cm³/mol. The molecule has 17 nitrogen and oxygen atoms in total. The highest BCUT2D eigenvalue weighted by Gasteiger charge is 2.37. The minimum Gasteiger partial charge on any atom is -0.414 e. The molecule has 19 heteroatoms. The fourth-order valence-corrected chi connectivity index (χ4v) is 5.74. The Hall–Kier alpha value is -1.39. The zero-order valence-electron chi connectivity index (χ0n) is 34.5. The third kappa shape index (κ3) is 49.9. The van der Waals surface area contributed by atoms with E-state index >= 15 is 0 Å². The summed E-state index contributed by atoms with van der Waals surface area (Å²) in [5.74, 6) is 0. The number of hydrogen-bond donors (Lipinski definition) is 0. The van der Waals surface area contributed by atoms with Crippen LogP contribution in [0.2, 0.25) is 36.3 Å². The van der Waals surface area contributed by atoms with Crippen LogP contribution >= 0.6 is 0 Å². The quantitative estimate of drug-likeness (QED) is 0.0190. The molecule has 0 aliphatic rings. The summed E-state index contributed by atoms with van der Waals surface area (Å²) < 4.78 is 64.4. The second-order valence-corrected chi connectivity index (χ2v) is 24.9. The fourth-order valence-electron chi connectivity index (χ4n) is 3.68. The van der Waals surface area contributed by atoms with Crippen molar-refractivity contribution < 1.29 is 51.5 Å². The Kier molecular flexibility index (Phi) is 74.7. The van der Waals surface area contributed by atoms with E-state index in [4.69, 9.17) is 62.5 Å². The summed E-state index contributed by atoms with van der Waals surface area (Å²) in [6, 6.07) is 0. The van der Waals surface area contributed by atoms with Crippen LogP contribution in [0.5, 0.6) is 0 Å². The third-order valence-electron chi connectivity index (χ3n) is 8.91. The Morgan fingerprint density at radius 2 is 0.619 bits per heavy atom. The van der Waals surface area contributed by atoms with Crippen molar-refractivity contribution in [2.24, 2.45) is 10.2 Å². The van der Waals surface area contributed by atoms with Gasteiger partial charge in [-0.25, -0.2) is 0 Å². The second-order valence-electron chi connectivity index (χ2n) is 15.2. The number of ether oxygens (including phenoxy) is 9. The van der Waals surface area contributed by atoms with Gasteiger partial charge >= 0.3 is 0 Å². The number of rotatable bonds is 36.